The van der Waals surface area contributed by atoms with Crippen LogP contribution in [0.4, 0.5) is 5.69 Å². The summed E-state index contributed by atoms with van der Waals surface area (Å²) in [6.07, 6.45) is 0. The van der Waals surface area contributed by atoms with Crippen LogP contribution in [-0.4, -0.2) is 52.3 Å². The van der Waals surface area contributed by atoms with Gasteiger partial charge < -0.3 is 24.3 Å². The number of para-hydroxylation sites is 1. The quantitative estimate of drug-likeness (QED) is 0.621. The van der Waals surface area contributed by atoms with E-state index >= 15 is 0 Å². The molecule has 3 N–H and O–H groups in total. The van der Waals surface area contributed by atoms with E-state index in [1.807, 2.05) is 43.3 Å². The van der Waals surface area contributed by atoms with Crippen molar-refractivity contribution >= 4 is 33.5 Å². The molecule has 0 radical (unpaired) electrons. The molecule has 6 heteroatoms. The van der Waals surface area contributed by atoms with Crippen molar-refractivity contribution in [3.8, 4) is 5.75 Å². The summed E-state index contributed by atoms with van der Waals surface area (Å²) in [7, 11) is 3.83. The topological polar surface area (TPSA) is 60.3 Å². The van der Waals surface area contributed by atoms with Crippen LogP contribution in [-0.2, 0) is 4.79 Å². The van der Waals surface area contributed by atoms with E-state index in [2.05, 4.69) is 12.4 Å². The Morgan fingerprint density at radius 3 is 2.59 bits per heavy atom. The Hall–Kier alpha value is -2.57. The zero-order chi connectivity index (χ0) is 19.0. The van der Waals surface area contributed by atoms with Crippen molar-refractivity contribution in [2.45, 2.75) is 13.0 Å². The molecule has 0 aliphatic carbocycles. The molecule has 1 aromatic heterocycles. The van der Waals surface area contributed by atoms with Crippen LogP contribution >= 0.6 is 0 Å². The summed E-state index contributed by atoms with van der Waals surface area (Å²) in [6.45, 7) is 6.22. The number of amides is 1. The predicted molar refractivity (Wildman–Crippen MR) is 106 cm³/mol. The van der Waals surface area contributed by atoms with Crippen LogP contribution in [0, 0.1) is 0 Å². The molecule has 27 heavy (non-hydrogen) atoms. The fourth-order valence-corrected chi connectivity index (χ4v) is 3.88. The minimum atomic E-state index is -0.103. The number of nitrogens with one attached hydrogen (secondary N) is 3. The maximum absolute atomic E-state index is 12.8. The molecule has 2 heterocycles. The van der Waals surface area contributed by atoms with Gasteiger partial charge in [0.1, 0.15) is 43.1 Å². The maximum atomic E-state index is 12.8. The first-order valence-electron chi connectivity index (χ1n) is 9.53. The molecule has 2 aromatic carbocycles. The average Bonchev–Trinajstić information content (AvgIpc) is 3.04. The number of piperazine rings is 1. The number of benzene rings is 2. The number of furan rings is 1. The summed E-state index contributed by atoms with van der Waals surface area (Å²) in [5.74, 6) is 0.658. The molecule has 0 saturated carbocycles. The third kappa shape index (κ3) is 3.38. The fourth-order valence-electron chi connectivity index (χ4n) is 3.88. The highest BCUT2D eigenvalue weighted by atomic mass is 16.5. The van der Waals surface area contributed by atoms with E-state index < -0.39 is 0 Å². The van der Waals surface area contributed by atoms with E-state index in [9.17, 15) is 4.79 Å². The molecule has 1 atom stereocenters. The normalized spacial score (nSPS) is 21.3. The first-order chi connectivity index (χ1) is 13.1. The molecular weight excluding hydrogens is 342 g/mol. The third-order valence-electron chi connectivity index (χ3n) is 5.71. The second kappa shape index (κ2) is 7.21. The van der Waals surface area contributed by atoms with Crippen LogP contribution < -0.4 is 19.9 Å². The number of quaternary nitrogens is 2. The highest BCUT2D eigenvalue weighted by Crippen LogP contribution is 2.36. The molecule has 1 amide bonds. The highest BCUT2D eigenvalue weighted by Gasteiger charge is 2.30. The lowest BCUT2D eigenvalue weighted by Gasteiger charge is -2.30. The van der Waals surface area contributed by atoms with Crippen molar-refractivity contribution in [3.05, 3.63) is 36.4 Å². The number of ether oxygens (including phenoxy) is 1. The molecule has 6 nitrogen and oxygen atoms in total. The number of carbonyl (C=O) groups excluding carboxylic acids is 1. The highest BCUT2D eigenvalue weighted by molar-refractivity contribution is 6.08. The van der Waals surface area contributed by atoms with Crippen molar-refractivity contribution < 1.29 is 23.7 Å². The van der Waals surface area contributed by atoms with E-state index in [0.717, 1.165) is 48.1 Å². The Bertz CT molecular complexity index is 973. The van der Waals surface area contributed by atoms with Crippen LogP contribution in [0.2, 0.25) is 0 Å². The zero-order valence-corrected chi connectivity index (χ0v) is 16.1. The lowest BCUT2D eigenvalue weighted by Crippen LogP contribution is -3.29. The van der Waals surface area contributed by atoms with Crippen LogP contribution in [0.3, 0.4) is 0 Å². The van der Waals surface area contributed by atoms with Gasteiger partial charge in [0, 0.05) is 16.8 Å². The smallest absolute Gasteiger partial charge is 0.282 e. The largest absolute Gasteiger partial charge is 0.495 e. The van der Waals surface area contributed by atoms with Gasteiger partial charge in [0.25, 0.3) is 5.91 Å². The summed E-state index contributed by atoms with van der Waals surface area (Å²) >= 11 is 0. The molecule has 0 spiro atoms. The molecule has 1 saturated heterocycles. The molecule has 142 valence electrons. The lowest BCUT2D eigenvalue weighted by atomic mass is 10.1. The fraction of sp³-hybridized carbons (Fsp3) is 0.381. The molecule has 0 bridgehead atoms. The Balaban J connectivity index is 1.60. The van der Waals surface area contributed by atoms with Gasteiger partial charge in [-0.2, -0.15) is 0 Å². The number of likely N-dealkylation sites (N-methyl/N-ethyl adjacent to an activating group) is 1. The van der Waals surface area contributed by atoms with E-state index in [4.69, 9.17) is 9.15 Å². The Kier molecular flexibility index (Phi) is 4.76. The van der Waals surface area contributed by atoms with E-state index in [1.54, 1.807) is 7.11 Å². The van der Waals surface area contributed by atoms with Crippen molar-refractivity contribution in [3.63, 3.8) is 0 Å². The van der Waals surface area contributed by atoms with Crippen LogP contribution in [0.25, 0.3) is 21.9 Å². The Morgan fingerprint density at radius 2 is 1.85 bits per heavy atom. The monoisotopic (exact) mass is 369 g/mol. The van der Waals surface area contributed by atoms with Crippen LogP contribution in [0.5, 0.6) is 5.75 Å². The molecule has 1 fully saturated rings. The molecule has 3 aromatic rings. The number of anilines is 1. The van der Waals surface area contributed by atoms with E-state index in [-0.39, 0.29) is 11.9 Å². The Labute approximate surface area is 158 Å². The van der Waals surface area contributed by atoms with Gasteiger partial charge in [0.15, 0.2) is 6.04 Å². The van der Waals surface area contributed by atoms with Gasteiger partial charge >= 0.3 is 0 Å². The van der Waals surface area contributed by atoms with Crippen molar-refractivity contribution in [1.29, 1.82) is 0 Å². The number of carbonyl (C=O) groups is 1. The first kappa shape index (κ1) is 17.8. The van der Waals surface area contributed by atoms with Crippen LogP contribution in [0.15, 0.2) is 40.8 Å². The molecule has 1 aliphatic rings. The summed E-state index contributed by atoms with van der Waals surface area (Å²) in [4.78, 5) is 15.7. The van der Waals surface area contributed by atoms with E-state index in [0.29, 0.717) is 11.4 Å². The van der Waals surface area contributed by atoms with Gasteiger partial charge in [-0.05, 0) is 19.1 Å². The third-order valence-corrected chi connectivity index (χ3v) is 5.71. The van der Waals surface area contributed by atoms with Gasteiger partial charge in [-0.25, -0.2) is 0 Å². The van der Waals surface area contributed by atoms with Gasteiger partial charge in [-0.1, -0.05) is 18.2 Å². The van der Waals surface area contributed by atoms with Crippen LogP contribution in [0.1, 0.15) is 6.92 Å². The summed E-state index contributed by atoms with van der Waals surface area (Å²) in [5.41, 5.74) is 2.23. The van der Waals surface area contributed by atoms with Crippen molar-refractivity contribution in [2.24, 2.45) is 0 Å². The van der Waals surface area contributed by atoms with Gasteiger partial charge in [-0.15, -0.1) is 0 Å². The number of rotatable bonds is 4. The summed E-state index contributed by atoms with van der Waals surface area (Å²) in [5, 5.41) is 5.08. The molecular formula is C21H27N3O3+2. The average molecular weight is 369 g/mol. The zero-order valence-electron chi connectivity index (χ0n) is 16.1. The summed E-state index contributed by atoms with van der Waals surface area (Å²) < 4.78 is 11.5. The number of methoxy groups -OCH3 is 1. The number of fused-ring (bicyclic) bond motifs is 3. The minimum Gasteiger partial charge on any atom is -0.495 e. The second-order valence-electron chi connectivity index (χ2n) is 7.47. The van der Waals surface area contributed by atoms with Crippen molar-refractivity contribution in [2.75, 3.05) is 45.7 Å². The van der Waals surface area contributed by atoms with Gasteiger partial charge in [-0.3, -0.25) is 4.79 Å². The number of hydrogen-bond acceptors (Lipinski definition) is 3. The number of hydrogen-bond donors (Lipinski definition) is 3. The van der Waals surface area contributed by atoms with Crippen molar-refractivity contribution in [1.82, 2.24) is 0 Å². The summed E-state index contributed by atoms with van der Waals surface area (Å²) in [6, 6.07) is 11.6. The standard InChI is InChI=1S/C21H25N3O3/c1-14(24-10-8-23(2)9-11-24)21(25)22-17-13-19-16(12-20(17)26-3)15-6-4-5-7-18(15)27-19/h4-7,12-14H,8-11H2,1-3H3,(H,22,25)/p+2/t14-/m0/s1. The maximum Gasteiger partial charge on any atom is 0.282 e. The second-order valence-corrected chi connectivity index (χ2v) is 7.47. The molecule has 0 unspecified atom stereocenters. The molecule has 4 rings (SSSR count). The Morgan fingerprint density at radius 1 is 1.11 bits per heavy atom. The minimum absolute atomic E-state index is 0.0123. The first-order valence-corrected chi connectivity index (χ1v) is 9.53. The molecule has 1 aliphatic heterocycles. The van der Waals surface area contributed by atoms with Gasteiger partial charge in [0.2, 0.25) is 0 Å². The lowest BCUT2D eigenvalue weighted by molar-refractivity contribution is -1.01. The van der Waals surface area contributed by atoms with Gasteiger partial charge in [0.05, 0.1) is 19.8 Å². The SMILES string of the molecule is COc1cc2c(cc1NC(=O)[C@H](C)[NH+]1CC[NH+](C)CC1)oc1ccccc12. The van der Waals surface area contributed by atoms with E-state index in [1.165, 1.54) is 9.80 Å². The predicted octanol–water partition coefficient (Wildman–Crippen LogP) is 0.335.